The summed E-state index contributed by atoms with van der Waals surface area (Å²) in [5.74, 6) is 0.942. The summed E-state index contributed by atoms with van der Waals surface area (Å²) in [6.45, 7) is 0. The van der Waals surface area contributed by atoms with Crippen LogP contribution in [0.1, 0.15) is 31.2 Å². The largest absolute Gasteiger partial charge is 0.506 e. The van der Waals surface area contributed by atoms with E-state index in [0.29, 0.717) is 17.1 Å². The second-order valence-electron chi connectivity index (χ2n) is 4.68. The molecule has 1 fully saturated rings. The molecule has 1 aromatic rings. The molecule has 18 heavy (non-hydrogen) atoms. The quantitative estimate of drug-likeness (QED) is 0.887. The average Bonchev–Trinajstić information content (AvgIpc) is 2.79. The number of rotatable bonds is 3. The number of phenolic OH excluding ortho intramolecular Hbond substituents is 1. The van der Waals surface area contributed by atoms with Gasteiger partial charge in [-0.3, -0.25) is 0 Å². The number of methoxy groups -OCH3 is 2. The van der Waals surface area contributed by atoms with E-state index in [0.717, 1.165) is 25.7 Å². The maximum atomic E-state index is 9.88. The van der Waals surface area contributed by atoms with Crippen LogP contribution in [0.5, 0.6) is 17.2 Å². The Morgan fingerprint density at radius 1 is 1.28 bits per heavy atom. The van der Waals surface area contributed by atoms with Gasteiger partial charge in [0.2, 0.25) is 0 Å². The fourth-order valence-corrected chi connectivity index (χ4v) is 2.99. The van der Waals surface area contributed by atoms with E-state index in [1.807, 2.05) is 0 Å². The summed E-state index contributed by atoms with van der Waals surface area (Å²) >= 11 is 6.21. The molecule has 100 valence electrons. The molecule has 1 saturated carbocycles. The zero-order chi connectivity index (χ0) is 13.3. The molecule has 0 amide bonds. The van der Waals surface area contributed by atoms with Gasteiger partial charge in [0, 0.05) is 17.2 Å². The molecule has 0 saturated heterocycles. The van der Waals surface area contributed by atoms with Crippen molar-refractivity contribution in [2.45, 2.75) is 31.2 Å². The Balaban J connectivity index is 2.66. The van der Waals surface area contributed by atoms with Crippen LogP contribution in [0, 0.1) is 0 Å². The third-order valence-electron chi connectivity index (χ3n) is 3.58. The van der Waals surface area contributed by atoms with Crippen LogP contribution in [0.3, 0.4) is 0 Å². The summed E-state index contributed by atoms with van der Waals surface area (Å²) in [6.07, 6.45) is 3.76. The lowest BCUT2D eigenvalue weighted by molar-refractivity contribution is 0.333. The number of benzene rings is 1. The number of hydrogen-bond acceptors (Lipinski definition) is 4. The summed E-state index contributed by atoms with van der Waals surface area (Å²) in [4.78, 5) is 0. The number of aromatic hydroxyl groups is 1. The van der Waals surface area contributed by atoms with E-state index in [1.54, 1.807) is 7.11 Å². The lowest BCUT2D eigenvalue weighted by Crippen LogP contribution is -2.34. The van der Waals surface area contributed by atoms with Crippen LogP contribution < -0.4 is 15.2 Å². The molecule has 2 rings (SSSR count). The molecule has 1 aliphatic carbocycles. The van der Waals surface area contributed by atoms with Gasteiger partial charge in [-0.15, -0.1) is 0 Å². The van der Waals surface area contributed by atoms with E-state index >= 15 is 0 Å². The molecule has 0 aliphatic heterocycles. The highest BCUT2D eigenvalue weighted by Crippen LogP contribution is 2.50. The molecular weight excluding hydrogens is 254 g/mol. The summed E-state index contributed by atoms with van der Waals surface area (Å²) < 4.78 is 10.6. The van der Waals surface area contributed by atoms with Crippen LogP contribution in [0.15, 0.2) is 6.07 Å². The minimum Gasteiger partial charge on any atom is -0.506 e. The van der Waals surface area contributed by atoms with Gasteiger partial charge in [0.05, 0.1) is 19.2 Å². The Morgan fingerprint density at radius 3 is 2.39 bits per heavy atom. The molecule has 1 aromatic carbocycles. The van der Waals surface area contributed by atoms with E-state index in [2.05, 4.69) is 0 Å². The van der Waals surface area contributed by atoms with Gasteiger partial charge in [-0.05, 0) is 12.8 Å². The van der Waals surface area contributed by atoms with Crippen LogP contribution in [-0.2, 0) is 5.54 Å². The number of phenols is 1. The molecule has 0 heterocycles. The molecule has 0 bridgehead atoms. The van der Waals surface area contributed by atoms with Crippen molar-refractivity contribution in [3.05, 3.63) is 16.7 Å². The summed E-state index contributed by atoms with van der Waals surface area (Å²) in [7, 11) is 3.07. The number of ether oxygens (including phenoxy) is 2. The van der Waals surface area contributed by atoms with Crippen molar-refractivity contribution in [3.63, 3.8) is 0 Å². The van der Waals surface area contributed by atoms with Crippen molar-refractivity contribution < 1.29 is 14.6 Å². The minimum absolute atomic E-state index is 0.0268. The van der Waals surface area contributed by atoms with Gasteiger partial charge in [-0.2, -0.15) is 0 Å². The first-order valence-corrected chi connectivity index (χ1v) is 6.34. The maximum absolute atomic E-state index is 9.88. The van der Waals surface area contributed by atoms with Crippen LogP contribution in [-0.4, -0.2) is 19.3 Å². The molecular formula is C13H18ClNO3. The van der Waals surface area contributed by atoms with Gasteiger partial charge in [0.1, 0.15) is 5.75 Å². The Labute approximate surface area is 112 Å². The Bertz CT molecular complexity index is 456. The monoisotopic (exact) mass is 271 g/mol. The first-order chi connectivity index (χ1) is 8.53. The van der Waals surface area contributed by atoms with Gasteiger partial charge in [-0.25, -0.2) is 0 Å². The normalized spacial score (nSPS) is 17.8. The van der Waals surface area contributed by atoms with Crippen molar-refractivity contribution in [2.24, 2.45) is 5.73 Å². The van der Waals surface area contributed by atoms with Crippen LogP contribution >= 0.6 is 11.6 Å². The van der Waals surface area contributed by atoms with Gasteiger partial charge in [0.25, 0.3) is 0 Å². The van der Waals surface area contributed by atoms with Crippen molar-refractivity contribution in [1.29, 1.82) is 0 Å². The van der Waals surface area contributed by atoms with E-state index < -0.39 is 5.54 Å². The highest BCUT2D eigenvalue weighted by atomic mass is 35.5. The Hall–Kier alpha value is -1.13. The predicted molar refractivity (Wildman–Crippen MR) is 70.6 cm³/mol. The molecule has 3 N–H and O–H groups in total. The Kier molecular flexibility index (Phi) is 3.59. The Morgan fingerprint density at radius 2 is 1.89 bits per heavy atom. The van der Waals surface area contributed by atoms with Gasteiger partial charge in [-0.1, -0.05) is 24.4 Å². The van der Waals surface area contributed by atoms with Crippen LogP contribution in [0.2, 0.25) is 5.02 Å². The van der Waals surface area contributed by atoms with Crippen molar-refractivity contribution in [3.8, 4) is 17.2 Å². The summed E-state index contributed by atoms with van der Waals surface area (Å²) in [6, 6.07) is 1.45. The van der Waals surface area contributed by atoms with Crippen molar-refractivity contribution >= 4 is 11.6 Å². The number of hydrogen-bond donors (Lipinski definition) is 2. The SMILES string of the molecule is COc1cc(O)c(Cl)c(C2(N)CCCC2)c1OC. The number of halogens is 1. The van der Waals surface area contributed by atoms with Crippen LogP contribution in [0.25, 0.3) is 0 Å². The molecule has 0 radical (unpaired) electrons. The highest BCUT2D eigenvalue weighted by Gasteiger charge is 2.38. The molecule has 0 aromatic heterocycles. The van der Waals surface area contributed by atoms with Gasteiger partial charge >= 0.3 is 0 Å². The van der Waals surface area contributed by atoms with Crippen molar-refractivity contribution in [2.75, 3.05) is 14.2 Å². The third kappa shape index (κ3) is 1.99. The number of nitrogens with two attached hydrogens (primary N) is 1. The smallest absolute Gasteiger partial charge is 0.167 e. The average molecular weight is 272 g/mol. The van der Waals surface area contributed by atoms with Gasteiger partial charge in [0.15, 0.2) is 11.5 Å². The van der Waals surface area contributed by atoms with E-state index in [4.69, 9.17) is 26.8 Å². The summed E-state index contributed by atoms with van der Waals surface area (Å²) in [5, 5.41) is 10.1. The molecule has 4 nitrogen and oxygen atoms in total. The van der Waals surface area contributed by atoms with Crippen molar-refractivity contribution in [1.82, 2.24) is 0 Å². The molecule has 5 heteroatoms. The summed E-state index contributed by atoms with van der Waals surface area (Å²) in [5.41, 5.74) is 6.53. The molecule has 0 unspecified atom stereocenters. The first kappa shape index (κ1) is 13.3. The molecule has 0 atom stereocenters. The van der Waals surface area contributed by atoms with E-state index in [1.165, 1.54) is 13.2 Å². The fraction of sp³-hybridized carbons (Fsp3) is 0.538. The minimum atomic E-state index is -0.547. The first-order valence-electron chi connectivity index (χ1n) is 5.96. The zero-order valence-electron chi connectivity index (χ0n) is 10.6. The molecule has 0 spiro atoms. The highest BCUT2D eigenvalue weighted by molar-refractivity contribution is 6.33. The lowest BCUT2D eigenvalue weighted by atomic mass is 9.88. The maximum Gasteiger partial charge on any atom is 0.167 e. The fourth-order valence-electron chi connectivity index (χ4n) is 2.66. The second kappa shape index (κ2) is 4.86. The zero-order valence-corrected chi connectivity index (χ0v) is 11.4. The molecule has 1 aliphatic rings. The standard InChI is InChI=1S/C13H18ClNO3/c1-17-9-7-8(16)11(14)10(12(9)18-2)13(15)5-3-4-6-13/h7,16H,3-6,15H2,1-2H3. The second-order valence-corrected chi connectivity index (χ2v) is 5.06. The van der Waals surface area contributed by atoms with Crippen LogP contribution in [0.4, 0.5) is 0 Å². The lowest BCUT2D eigenvalue weighted by Gasteiger charge is -2.28. The third-order valence-corrected chi connectivity index (χ3v) is 3.96. The predicted octanol–water partition coefficient (Wildman–Crippen LogP) is 2.79. The van der Waals surface area contributed by atoms with E-state index in [-0.39, 0.29) is 10.8 Å². The van der Waals surface area contributed by atoms with Gasteiger partial charge < -0.3 is 20.3 Å². The topological polar surface area (TPSA) is 64.7 Å². The van der Waals surface area contributed by atoms with E-state index in [9.17, 15) is 5.11 Å².